The first kappa shape index (κ1) is 13.6. The van der Waals surface area contributed by atoms with Crippen LogP contribution in [0, 0.1) is 11.8 Å². The Morgan fingerprint density at radius 2 is 1.80 bits per heavy atom. The van der Waals surface area contributed by atoms with Crippen LogP contribution < -0.4 is 5.32 Å². The molecule has 20 heavy (non-hydrogen) atoms. The zero-order valence-electron chi connectivity index (χ0n) is 12.5. The van der Waals surface area contributed by atoms with Crippen LogP contribution in [0.5, 0.6) is 0 Å². The highest BCUT2D eigenvalue weighted by atomic mass is 16.2. The maximum absolute atomic E-state index is 12.9. The number of nitrogens with zero attached hydrogens (tertiary/aromatic N) is 1. The predicted octanol–water partition coefficient (Wildman–Crippen LogP) is 2.94. The second-order valence-electron chi connectivity index (χ2n) is 6.52. The third kappa shape index (κ3) is 2.35. The summed E-state index contributed by atoms with van der Waals surface area (Å²) in [6.45, 7) is 6.58. The summed E-state index contributed by atoms with van der Waals surface area (Å²) in [6.07, 6.45) is 2.70. The van der Waals surface area contributed by atoms with E-state index in [1.54, 1.807) is 0 Å². The fourth-order valence-electron chi connectivity index (χ4n) is 3.27. The van der Waals surface area contributed by atoms with E-state index in [1.807, 2.05) is 30.3 Å². The average molecular weight is 272 g/mol. The van der Waals surface area contributed by atoms with Crippen molar-refractivity contribution >= 4 is 5.91 Å². The molecule has 3 nitrogen and oxygen atoms in total. The van der Waals surface area contributed by atoms with E-state index in [2.05, 4.69) is 31.0 Å². The lowest BCUT2D eigenvalue weighted by molar-refractivity contribution is -0.133. The molecule has 1 saturated carbocycles. The lowest BCUT2D eigenvalue weighted by Gasteiger charge is -2.32. The summed E-state index contributed by atoms with van der Waals surface area (Å²) in [5, 5.41) is 3.55. The number of carbonyl (C=O) groups excluding carboxylic acids is 1. The highest BCUT2D eigenvalue weighted by Gasteiger charge is 2.46. The molecule has 108 valence electrons. The summed E-state index contributed by atoms with van der Waals surface area (Å²) < 4.78 is 0. The van der Waals surface area contributed by atoms with E-state index >= 15 is 0 Å². The van der Waals surface area contributed by atoms with Crippen molar-refractivity contribution in [2.24, 2.45) is 11.8 Å². The van der Waals surface area contributed by atoms with Gasteiger partial charge in [-0.1, -0.05) is 44.2 Å². The molecule has 1 aliphatic carbocycles. The zero-order chi connectivity index (χ0) is 14.3. The van der Waals surface area contributed by atoms with E-state index in [-0.39, 0.29) is 18.1 Å². The Labute approximate surface area is 121 Å². The summed E-state index contributed by atoms with van der Waals surface area (Å²) in [4.78, 5) is 15.0. The van der Waals surface area contributed by atoms with Crippen molar-refractivity contribution in [1.82, 2.24) is 10.2 Å². The Kier molecular flexibility index (Phi) is 3.55. The number of benzene rings is 1. The van der Waals surface area contributed by atoms with Crippen molar-refractivity contribution in [3.63, 3.8) is 0 Å². The molecule has 1 aromatic carbocycles. The third-order valence-corrected chi connectivity index (χ3v) is 4.65. The molecular formula is C17H24N2O. The molecule has 3 atom stereocenters. The number of hydrogen-bond donors (Lipinski definition) is 1. The van der Waals surface area contributed by atoms with Crippen LogP contribution in [0.4, 0.5) is 0 Å². The summed E-state index contributed by atoms with van der Waals surface area (Å²) in [5.41, 5.74) is 1.08. The van der Waals surface area contributed by atoms with Gasteiger partial charge in [-0.25, -0.2) is 0 Å². The predicted molar refractivity (Wildman–Crippen MR) is 80.0 cm³/mol. The van der Waals surface area contributed by atoms with Crippen LogP contribution in [0.2, 0.25) is 0 Å². The van der Waals surface area contributed by atoms with Crippen molar-refractivity contribution in [3.8, 4) is 0 Å². The van der Waals surface area contributed by atoms with Gasteiger partial charge in [-0.05, 0) is 37.2 Å². The Bertz CT molecular complexity index is 481. The molecule has 0 aromatic heterocycles. The molecule has 2 aliphatic rings. The lowest BCUT2D eigenvalue weighted by atomic mass is 10.1. The van der Waals surface area contributed by atoms with Gasteiger partial charge in [-0.3, -0.25) is 10.1 Å². The fourth-order valence-corrected chi connectivity index (χ4v) is 3.27. The molecule has 2 fully saturated rings. The summed E-state index contributed by atoms with van der Waals surface area (Å²) in [6, 6.07) is 10.3. The van der Waals surface area contributed by atoms with Crippen LogP contribution in [0.3, 0.4) is 0 Å². The molecular weight excluding hydrogens is 248 g/mol. The maximum atomic E-state index is 12.9. The summed E-state index contributed by atoms with van der Waals surface area (Å²) >= 11 is 0. The van der Waals surface area contributed by atoms with Crippen molar-refractivity contribution in [2.75, 3.05) is 0 Å². The van der Waals surface area contributed by atoms with Crippen LogP contribution in [0.15, 0.2) is 30.3 Å². The number of carbonyl (C=O) groups is 1. The Morgan fingerprint density at radius 1 is 1.15 bits per heavy atom. The second-order valence-corrected chi connectivity index (χ2v) is 6.52. The van der Waals surface area contributed by atoms with Gasteiger partial charge in [0.05, 0.1) is 6.17 Å². The Morgan fingerprint density at radius 3 is 2.35 bits per heavy atom. The molecule has 0 spiro atoms. The maximum Gasteiger partial charge on any atom is 0.245 e. The van der Waals surface area contributed by atoms with Crippen LogP contribution in [-0.4, -0.2) is 23.0 Å². The van der Waals surface area contributed by atoms with E-state index in [9.17, 15) is 4.79 Å². The second kappa shape index (κ2) is 5.21. The van der Waals surface area contributed by atoms with Crippen molar-refractivity contribution in [1.29, 1.82) is 0 Å². The van der Waals surface area contributed by atoms with Crippen LogP contribution in [0.1, 0.15) is 45.2 Å². The van der Waals surface area contributed by atoms with Gasteiger partial charge in [0.15, 0.2) is 0 Å². The van der Waals surface area contributed by atoms with Gasteiger partial charge in [0, 0.05) is 6.04 Å². The minimum atomic E-state index is -0.176. The van der Waals surface area contributed by atoms with Crippen LogP contribution in [0.25, 0.3) is 0 Å². The monoisotopic (exact) mass is 272 g/mol. The average Bonchev–Trinajstić information content (AvgIpc) is 3.22. The van der Waals surface area contributed by atoms with Gasteiger partial charge in [0.2, 0.25) is 5.91 Å². The van der Waals surface area contributed by atoms with E-state index in [4.69, 9.17) is 0 Å². The molecule has 1 N–H and O–H groups in total. The molecule has 1 amide bonds. The minimum Gasteiger partial charge on any atom is -0.322 e. The SMILES string of the molecule is CC(C)C1NC(c2ccccc2)C(=O)N1C(C)C1CC1. The minimum absolute atomic E-state index is 0.156. The molecule has 3 heteroatoms. The third-order valence-electron chi connectivity index (χ3n) is 4.65. The summed E-state index contributed by atoms with van der Waals surface area (Å²) in [7, 11) is 0. The van der Waals surface area contributed by atoms with E-state index < -0.39 is 0 Å². The molecule has 0 radical (unpaired) electrons. The van der Waals surface area contributed by atoms with Crippen LogP contribution in [-0.2, 0) is 4.79 Å². The molecule has 3 unspecified atom stereocenters. The van der Waals surface area contributed by atoms with Crippen molar-refractivity contribution in [3.05, 3.63) is 35.9 Å². The normalized spacial score (nSPS) is 28.2. The van der Waals surface area contributed by atoms with Gasteiger partial charge >= 0.3 is 0 Å². The zero-order valence-corrected chi connectivity index (χ0v) is 12.5. The molecule has 1 aliphatic heterocycles. The highest BCUT2D eigenvalue weighted by Crippen LogP contribution is 2.39. The number of nitrogens with one attached hydrogen (secondary N) is 1. The lowest BCUT2D eigenvalue weighted by Crippen LogP contribution is -2.47. The van der Waals surface area contributed by atoms with Gasteiger partial charge < -0.3 is 4.90 Å². The largest absolute Gasteiger partial charge is 0.322 e. The van der Waals surface area contributed by atoms with Gasteiger partial charge in [0.25, 0.3) is 0 Å². The first-order valence-electron chi connectivity index (χ1n) is 7.72. The fraction of sp³-hybridized carbons (Fsp3) is 0.588. The van der Waals surface area contributed by atoms with E-state index in [0.717, 1.165) is 5.56 Å². The molecule has 3 rings (SSSR count). The topological polar surface area (TPSA) is 32.3 Å². The molecule has 1 aromatic rings. The number of rotatable bonds is 4. The summed E-state index contributed by atoms with van der Waals surface area (Å²) in [5.74, 6) is 1.37. The van der Waals surface area contributed by atoms with Crippen molar-refractivity contribution in [2.45, 2.75) is 51.9 Å². The smallest absolute Gasteiger partial charge is 0.245 e. The van der Waals surface area contributed by atoms with Gasteiger partial charge in [-0.15, -0.1) is 0 Å². The quantitative estimate of drug-likeness (QED) is 0.914. The highest BCUT2D eigenvalue weighted by molar-refractivity contribution is 5.86. The Hall–Kier alpha value is -1.35. The molecule has 1 saturated heterocycles. The van der Waals surface area contributed by atoms with E-state index in [0.29, 0.717) is 17.9 Å². The Balaban J connectivity index is 1.87. The molecule has 1 heterocycles. The van der Waals surface area contributed by atoms with E-state index in [1.165, 1.54) is 12.8 Å². The van der Waals surface area contributed by atoms with Gasteiger partial charge in [0.1, 0.15) is 6.04 Å². The number of amides is 1. The van der Waals surface area contributed by atoms with Gasteiger partial charge in [-0.2, -0.15) is 0 Å². The standard InChI is InChI=1S/C17H24N2O/c1-11(2)16-18-15(14-7-5-4-6-8-14)17(20)19(16)12(3)13-9-10-13/h4-8,11-13,15-16,18H,9-10H2,1-3H3. The molecule has 0 bridgehead atoms. The van der Waals surface area contributed by atoms with Crippen LogP contribution >= 0.6 is 0 Å². The van der Waals surface area contributed by atoms with Crippen molar-refractivity contribution < 1.29 is 4.79 Å². The first-order chi connectivity index (χ1) is 9.59. The number of hydrogen-bond acceptors (Lipinski definition) is 2. The first-order valence-corrected chi connectivity index (χ1v) is 7.72.